The van der Waals surface area contributed by atoms with Crippen LogP contribution in [-0.4, -0.2) is 32.5 Å². The van der Waals surface area contributed by atoms with E-state index in [0.717, 1.165) is 12.8 Å². The van der Waals surface area contributed by atoms with Gasteiger partial charge in [0.15, 0.2) is 0 Å². The van der Waals surface area contributed by atoms with E-state index in [4.69, 9.17) is 4.74 Å². The molecule has 1 saturated heterocycles. The smallest absolute Gasteiger partial charge is 0.264 e. The Labute approximate surface area is 141 Å². The zero-order chi connectivity index (χ0) is 17.2. The van der Waals surface area contributed by atoms with Crippen LogP contribution < -0.4 is 4.72 Å². The van der Waals surface area contributed by atoms with E-state index in [1.54, 1.807) is 31.3 Å². The van der Waals surface area contributed by atoms with E-state index in [9.17, 15) is 13.2 Å². The number of nitrogens with zero attached hydrogens (tertiary/aromatic N) is 1. The van der Waals surface area contributed by atoms with E-state index >= 15 is 0 Å². The van der Waals surface area contributed by atoms with Gasteiger partial charge in [0.2, 0.25) is 5.91 Å². The number of carbonyl (C=O) groups excluding carboxylic acids is 1. The zero-order valence-corrected chi connectivity index (χ0v) is 14.3. The molecular weight excluding hydrogens is 328 g/mol. The van der Waals surface area contributed by atoms with Crippen molar-refractivity contribution in [2.24, 2.45) is 11.8 Å². The van der Waals surface area contributed by atoms with Crippen molar-refractivity contribution in [1.82, 2.24) is 9.71 Å². The quantitative estimate of drug-likeness (QED) is 0.914. The predicted molar refractivity (Wildman–Crippen MR) is 89.8 cm³/mol. The number of sulfonamides is 1. The summed E-state index contributed by atoms with van der Waals surface area (Å²) in [5, 5.41) is 1.26. The van der Waals surface area contributed by atoms with E-state index in [1.165, 1.54) is 12.3 Å². The van der Waals surface area contributed by atoms with Gasteiger partial charge in [0.25, 0.3) is 10.0 Å². The van der Waals surface area contributed by atoms with Gasteiger partial charge in [0.05, 0.1) is 4.90 Å². The number of rotatable bonds is 4. The van der Waals surface area contributed by atoms with Crippen molar-refractivity contribution < 1.29 is 17.9 Å². The molecule has 0 aliphatic carbocycles. The maximum Gasteiger partial charge on any atom is 0.264 e. The van der Waals surface area contributed by atoms with E-state index in [2.05, 4.69) is 9.71 Å². The van der Waals surface area contributed by atoms with Gasteiger partial charge in [-0.05, 0) is 30.9 Å². The Kier molecular flexibility index (Phi) is 4.82. The molecule has 3 rings (SSSR count). The Hall–Kier alpha value is -1.99. The Morgan fingerprint density at radius 3 is 2.79 bits per heavy atom. The average molecular weight is 348 g/mol. The number of hydrogen-bond acceptors (Lipinski definition) is 5. The van der Waals surface area contributed by atoms with Crippen molar-refractivity contribution in [3.8, 4) is 0 Å². The number of hydrogen-bond donors (Lipinski definition) is 1. The molecule has 1 amide bonds. The lowest BCUT2D eigenvalue weighted by molar-refractivity contribution is -0.125. The van der Waals surface area contributed by atoms with Crippen LogP contribution in [0.3, 0.4) is 0 Å². The maximum atomic E-state index is 12.7. The number of nitrogens with one attached hydrogen (secondary N) is 1. The van der Waals surface area contributed by atoms with Crippen LogP contribution in [0, 0.1) is 11.8 Å². The summed E-state index contributed by atoms with van der Waals surface area (Å²) in [6.45, 7) is 3.00. The van der Waals surface area contributed by atoms with Gasteiger partial charge in [0.1, 0.15) is 0 Å². The highest BCUT2D eigenvalue weighted by Crippen LogP contribution is 2.25. The molecule has 6 nitrogen and oxygen atoms in total. The third-order valence-corrected chi connectivity index (χ3v) is 5.96. The molecule has 24 heavy (non-hydrogen) atoms. The molecule has 1 atom stereocenters. The lowest BCUT2D eigenvalue weighted by Gasteiger charge is -2.26. The molecule has 1 N–H and O–H groups in total. The summed E-state index contributed by atoms with van der Waals surface area (Å²) in [6.07, 6.45) is 4.68. The highest BCUT2D eigenvalue weighted by Gasteiger charge is 2.29. The predicted octanol–water partition coefficient (Wildman–Crippen LogP) is 2.10. The molecule has 1 aromatic heterocycles. The Balaban J connectivity index is 1.83. The zero-order valence-electron chi connectivity index (χ0n) is 13.4. The summed E-state index contributed by atoms with van der Waals surface area (Å²) in [7, 11) is -3.93. The van der Waals surface area contributed by atoms with Crippen LogP contribution in [0.2, 0.25) is 0 Å². The number of benzene rings is 1. The average Bonchev–Trinajstić information content (AvgIpc) is 2.61. The summed E-state index contributed by atoms with van der Waals surface area (Å²) in [5.74, 6) is -0.695. The molecule has 1 aliphatic heterocycles. The van der Waals surface area contributed by atoms with Gasteiger partial charge in [-0.2, -0.15) is 0 Å². The first kappa shape index (κ1) is 16.9. The lowest BCUT2D eigenvalue weighted by atomic mass is 9.87. The van der Waals surface area contributed by atoms with Gasteiger partial charge < -0.3 is 4.74 Å². The first-order chi connectivity index (χ1) is 11.5. The first-order valence-corrected chi connectivity index (χ1v) is 9.44. The van der Waals surface area contributed by atoms with Crippen molar-refractivity contribution in [2.45, 2.75) is 24.7 Å². The fourth-order valence-corrected chi connectivity index (χ4v) is 4.33. The summed E-state index contributed by atoms with van der Waals surface area (Å²) in [4.78, 5) is 16.5. The fourth-order valence-electron chi connectivity index (χ4n) is 3.04. The van der Waals surface area contributed by atoms with Crippen LogP contribution in [0.4, 0.5) is 0 Å². The van der Waals surface area contributed by atoms with Crippen molar-refractivity contribution in [3.63, 3.8) is 0 Å². The summed E-state index contributed by atoms with van der Waals surface area (Å²) in [5.41, 5.74) is 0. The second kappa shape index (κ2) is 6.86. The van der Waals surface area contributed by atoms with Crippen molar-refractivity contribution in [1.29, 1.82) is 0 Å². The first-order valence-electron chi connectivity index (χ1n) is 7.96. The SMILES string of the molecule is C[C@H](C(=O)NS(=O)(=O)c1cccc2cnccc12)C1CCOCC1. The van der Waals surface area contributed by atoms with E-state index in [-0.39, 0.29) is 16.7 Å². The van der Waals surface area contributed by atoms with E-state index < -0.39 is 15.9 Å². The summed E-state index contributed by atoms with van der Waals surface area (Å²) >= 11 is 0. The Bertz CT molecular complexity index is 839. The van der Waals surface area contributed by atoms with Gasteiger partial charge in [-0.1, -0.05) is 19.1 Å². The van der Waals surface area contributed by atoms with Crippen LogP contribution >= 0.6 is 0 Å². The van der Waals surface area contributed by atoms with Crippen LogP contribution in [0.5, 0.6) is 0 Å². The molecule has 0 radical (unpaired) electrons. The maximum absolute atomic E-state index is 12.7. The Morgan fingerprint density at radius 1 is 1.29 bits per heavy atom. The minimum absolute atomic E-state index is 0.0925. The molecule has 1 fully saturated rings. The minimum Gasteiger partial charge on any atom is -0.381 e. The lowest BCUT2D eigenvalue weighted by Crippen LogP contribution is -2.39. The third-order valence-electron chi connectivity index (χ3n) is 4.55. The monoisotopic (exact) mass is 348 g/mol. The van der Waals surface area contributed by atoms with Crippen LogP contribution in [0.25, 0.3) is 10.8 Å². The van der Waals surface area contributed by atoms with Gasteiger partial charge in [-0.15, -0.1) is 0 Å². The number of amides is 1. The molecule has 1 aliphatic rings. The minimum atomic E-state index is -3.93. The highest BCUT2D eigenvalue weighted by molar-refractivity contribution is 7.90. The van der Waals surface area contributed by atoms with Crippen LogP contribution in [-0.2, 0) is 19.6 Å². The summed E-state index contributed by atoms with van der Waals surface area (Å²) in [6, 6.07) is 6.56. The summed E-state index contributed by atoms with van der Waals surface area (Å²) < 4.78 is 32.9. The molecule has 128 valence electrons. The molecule has 1 aromatic carbocycles. The number of carbonyl (C=O) groups is 1. The second-order valence-electron chi connectivity index (χ2n) is 6.06. The van der Waals surface area contributed by atoms with Gasteiger partial charge in [-0.25, -0.2) is 13.1 Å². The molecule has 0 saturated carbocycles. The van der Waals surface area contributed by atoms with Crippen LogP contribution in [0.1, 0.15) is 19.8 Å². The van der Waals surface area contributed by atoms with Crippen molar-refractivity contribution >= 4 is 26.7 Å². The standard InChI is InChI=1S/C17H20N2O4S/c1-12(13-6-9-23-10-7-13)17(20)19-24(21,22)16-4-2-3-14-11-18-8-5-15(14)16/h2-5,8,11-13H,6-7,9-10H2,1H3,(H,19,20)/t12-/m0/s1. The van der Waals surface area contributed by atoms with Gasteiger partial charge >= 0.3 is 0 Å². The molecular formula is C17H20N2O4S. The molecule has 7 heteroatoms. The third kappa shape index (κ3) is 3.42. The molecule has 2 heterocycles. The largest absolute Gasteiger partial charge is 0.381 e. The number of aromatic nitrogens is 1. The van der Waals surface area contributed by atoms with Crippen molar-refractivity contribution in [3.05, 3.63) is 36.7 Å². The number of pyridine rings is 1. The van der Waals surface area contributed by atoms with E-state index in [0.29, 0.717) is 24.0 Å². The fraction of sp³-hybridized carbons (Fsp3) is 0.412. The second-order valence-corrected chi connectivity index (χ2v) is 7.71. The van der Waals surface area contributed by atoms with Crippen molar-refractivity contribution in [2.75, 3.05) is 13.2 Å². The van der Waals surface area contributed by atoms with Gasteiger partial charge in [-0.3, -0.25) is 9.78 Å². The Morgan fingerprint density at radius 2 is 2.04 bits per heavy atom. The van der Waals surface area contributed by atoms with Crippen LogP contribution in [0.15, 0.2) is 41.6 Å². The molecule has 2 aromatic rings. The molecule has 0 bridgehead atoms. The number of ether oxygens (including phenoxy) is 1. The highest BCUT2D eigenvalue weighted by atomic mass is 32.2. The van der Waals surface area contributed by atoms with E-state index in [1.807, 2.05) is 0 Å². The number of fused-ring (bicyclic) bond motifs is 1. The normalized spacial score (nSPS) is 17.5. The van der Waals surface area contributed by atoms with Gasteiger partial charge in [0, 0.05) is 42.3 Å². The molecule has 0 unspecified atom stereocenters. The topological polar surface area (TPSA) is 85.4 Å². The molecule has 0 spiro atoms.